The number of halogens is 2. The normalized spacial score (nSPS) is 11.4. The molecule has 0 aliphatic carbocycles. The predicted molar refractivity (Wildman–Crippen MR) is 155 cm³/mol. The molecule has 1 N–H and O–H groups in total. The maximum Gasteiger partial charge on any atom is 0.282 e. The molecule has 36 heavy (non-hydrogen) atoms. The lowest BCUT2D eigenvalue weighted by Gasteiger charge is -2.12. The number of rotatable bonds is 7. The second-order valence-corrected chi connectivity index (χ2v) is 10.6. The highest BCUT2D eigenvalue weighted by Gasteiger charge is 2.14. The molecule has 4 aromatic rings. The van der Waals surface area contributed by atoms with E-state index in [9.17, 15) is 9.59 Å². The van der Waals surface area contributed by atoms with Gasteiger partial charge in [0.2, 0.25) is 0 Å². The first-order chi connectivity index (χ1) is 17.2. The summed E-state index contributed by atoms with van der Waals surface area (Å²) in [5, 5.41) is 7.78. The second kappa shape index (κ2) is 11.3. The molecule has 0 saturated carbocycles. The summed E-state index contributed by atoms with van der Waals surface area (Å²) < 4.78 is 8.68. The summed E-state index contributed by atoms with van der Waals surface area (Å²) >= 11 is 5.57. The third-order valence-electron chi connectivity index (χ3n) is 5.32. The third kappa shape index (κ3) is 6.19. The Labute approximate surface area is 230 Å². The van der Waals surface area contributed by atoms with Gasteiger partial charge in [-0.15, -0.1) is 0 Å². The van der Waals surface area contributed by atoms with E-state index in [1.165, 1.54) is 4.68 Å². The molecule has 0 bridgehead atoms. The largest absolute Gasteiger partial charge is 0.483 e. The van der Waals surface area contributed by atoms with E-state index >= 15 is 0 Å². The Hall–Kier alpha value is -3.05. The van der Waals surface area contributed by atoms with Crippen molar-refractivity contribution in [1.82, 2.24) is 9.66 Å². The Kier molecular flexibility index (Phi) is 8.20. The number of hydrogen-bond donors (Lipinski definition) is 1. The van der Waals surface area contributed by atoms with Crippen molar-refractivity contribution in [2.45, 2.75) is 26.7 Å². The number of anilines is 1. The zero-order valence-electron chi connectivity index (χ0n) is 20.0. The van der Waals surface area contributed by atoms with Gasteiger partial charge in [0.1, 0.15) is 11.6 Å². The molecule has 0 radical (unpaired) electrons. The first kappa shape index (κ1) is 26.0. The quantitative estimate of drug-likeness (QED) is 0.192. The fourth-order valence-corrected chi connectivity index (χ4v) is 4.52. The van der Waals surface area contributed by atoms with E-state index in [-0.39, 0.29) is 24.0 Å². The molecule has 3 aromatic carbocycles. The van der Waals surface area contributed by atoms with Gasteiger partial charge < -0.3 is 10.1 Å². The van der Waals surface area contributed by atoms with Crippen molar-refractivity contribution in [2.75, 3.05) is 11.9 Å². The number of amides is 1. The van der Waals surface area contributed by atoms with E-state index < -0.39 is 0 Å². The van der Waals surface area contributed by atoms with Crippen molar-refractivity contribution in [3.05, 3.63) is 96.0 Å². The zero-order valence-corrected chi connectivity index (χ0v) is 23.7. The lowest BCUT2D eigenvalue weighted by atomic mass is 10.2. The monoisotopic (exact) mass is 658 g/mol. The van der Waals surface area contributed by atoms with Crippen LogP contribution in [0.15, 0.2) is 75.0 Å². The van der Waals surface area contributed by atoms with Gasteiger partial charge in [-0.05, 0) is 83.6 Å². The van der Waals surface area contributed by atoms with E-state index in [0.29, 0.717) is 22.5 Å². The van der Waals surface area contributed by atoms with Crippen LogP contribution in [0.25, 0.3) is 10.9 Å². The molecule has 0 atom stereocenters. The number of aryl methyl sites for hydroxylation is 1. The summed E-state index contributed by atoms with van der Waals surface area (Å²) in [4.78, 5) is 30.1. The average molecular weight is 659 g/mol. The van der Waals surface area contributed by atoms with Gasteiger partial charge in [-0.3, -0.25) is 9.59 Å². The average Bonchev–Trinajstić information content (AvgIpc) is 2.84. The van der Waals surface area contributed by atoms with E-state index in [0.717, 1.165) is 24.9 Å². The molecule has 0 fully saturated rings. The van der Waals surface area contributed by atoms with Gasteiger partial charge >= 0.3 is 0 Å². The molecule has 4 rings (SSSR count). The standard InChI is InChI=1S/C27H24BrIN4O3/c1-16(2)26-32-23-10-7-19(28)13-21(23)27(35)33(26)30-14-18-6-11-24(22(29)12-18)36-15-25(34)31-20-8-4-17(3)5-9-20/h4-14,16H,15H2,1-3H3,(H,31,34). The summed E-state index contributed by atoms with van der Waals surface area (Å²) in [5.74, 6) is 0.936. The Morgan fingerprint density at radius 1 is 1.17 bits per heavy atom. The molecular formula is C27H24BrIN4O3. The highest BCUT2D eigenvalue weighted by Crippen LogP contribution is 2.22. The molecular weight excluding hydrogens is 635 g/mol. The second-order valence-electron chi connectivity index (χ2n) is 8.54. The van der Waals surface area contributed by atoms with Crippen molar-refractivity contribution in [3.63, 3.8) is 0 Å². The highest BCUT2D eigenvalue weighted by atomic mass is 127. The number of carbonyl (C=O) groups is 1. The van der Waals surface area contributed by atoms with Crippen LogP contribution in [0.2, 0.25) is 0 Å². The molecule has 9 heteroatoms. The number of nitrogens with one attached hydrogen (secondary N) is 1. The Morgan fingerprint density at radius 3 is 2.61 bits per heavy atom. The molecule has 0 aliphatic rings. The fourth-order valence-electron chi connectivity index (χ4n) is 3.47. The summed E-state index contributed by atoms with van der Waals surface area (Å²) in [7, 11) is 0. The number of ether oxygens (including phenoxy) is 1. The molecule has 1 amide bonds. The van der Waals surface area contributed by atoms with Crippen LogP contribution in [0, 0.1) is 10.5 Å². The number of nitrogens with zero attached hydrogens (tertiary/aromatic N) is 3. The van der Waals surface area contributed by atoms with Crippen LogP contribution in [0.4, 0.5) is 5.69 Å². The number of aromatic nitrogens is 2. The highest BCUT2D eigenvalue weighted by molar-refractivity contribution is 14.1. The molecule has 1 heterocycles. The summed E-state index contributed by atoms with van der Waals surface area (Å²) in [5.41, 5.74) is 3.04. The van der Waals surface area contributed by atoms with Crippen molar-refractivity contribution in [3.8, 4) is 5.75 Å². The first-order valence-electron chi connectivity index (χ1n) is 11.3. The number of fused-ring (bicyclic) bond motifs is 1. The van der Waals surface area contributed by atoms with E-state index in [1.807, 2.05) is 69.3 Å². The number of hydrogen-bond acceptors (Lipinski definition) is 5. The van der Waals surface area contributed by atoms with Crippen LogP contribution in [-0.4, -0.2) is 28.4 Å². The molecule has 184 valence electrons. The molecule has 0 saturated heterocycles. The third-order valence-corrected chi connectivity index (χ3v) is 6.66. The molecule has 1 aromatic heterocycles. The summed E-state index contributed by atoms with van der Waals surface area (Å²) in [6.07, 6.45) is 1.62. The first-order valence-corrected chi connectivity index (χ1v) is 13.1. The van der Waals surface area contributed by atoms with Crippen LogP contribution in [-0.2, 0) is 4.79 Å². The summed E-state index contributed by atoms with van der Waals surface area (Å²) in [6.45, 7) is 5.83. The van der Waals surface area contributed by atoms with Crippen molar-refractivity contribution in [1.29, 1.82) is 0 Å². The number of carbonyl (C=O) groups excluding carboxylic acids is 1. The predicted octanol–water partition coefficient (Wildman–Crippen LogP) is 6.10. The topological polar surface area (TPSA) is 85.6 Å². The minimum Gasteiger partial charge on any atom is -0.483 e. The fraction of sp³-hybridized carbons (Fsp3) is 0.185. The Morgan fingerprint density at radius 2 is 1.92 bits per heavy atom. The van der Waals surface area contributed by atoms with Gasteiger partial charge in [-0.25, -0.2) is 4.98 Å². The van der Waals surface area contributed by atoms with Crippen molar-refractivity contribution >= 4 is 67.2 Å². The zero-order chi connectivity index (χ0) is 25.8. The van der Waals surface area contributed by atoms with E-state index in [1.54, 1.807) is 18.3 Å². The SMILES string of the molecule is Cc1ccc(NC(=O)COc2ccc(C=Nn3c(C(C)C)nc4ccc(Br)cc4c3=O)cc2I)cc1. The van der Waals surface area contributed by atoms with Crippen LogP contribution in [0.5, 0.6) is 5.75 Å². The molecule has 0 spiro atoms. The van der Waals surface area contributed by atoms with Gasteiger partial charge in [-0.2, -0.15) is 9.78 Å². The van der Waals surface area contributed by atoms with Gasteiger partial charge in [0, 0.05) is 16.1 Å². The van der Waals surface area contributed by atoms with Gasteiger partial charge in [0.25, 0.3) is 11.5 Å². The molecule has 7 nitrogen and oxygen atoms in total. The van der Waals surface area contributed by atoms with Crippen LogP contribution in [0.1, 0.15) is 36.7 Å². The molecule has 0 aliphatic heterocycles. The van der Waals surface area contributed by atoms with Gasteiger partial charge in [-0.1, -0.05) is 47.5 Å². The van der Waals surface area contributed by atoms with Gasteiger partial charge in [0.15, 0.2) is 6.61 Å². The lowest BCUT2D eigenvalue weighted by Crippen LogP contribution is -2.23. The maximum absolute atomic E-state index is 13.2. The van der Waals surface area contributed by atoms with Crippen LogP contribution < -0.4 is 15.6 Å². The molecule has 0 unspecified atom stereocenters. The smallest absolute Gasteiger partial charge is 0.282 e. The van der Waals surface area contributed by atoms with Crippen molar-refractivity contribution < 1.29 is 9.53 Å². The lowest BCUT2D eigenvalue weighted by molar-refractivity contribution is -0.118. The minimum absolute atomic E-state index is 0.00450. The summed E-state index contributed by atoms with van der Waals surface area (Å²) in [6, 6.07) is 18.5. The van der Waals surface area contributed by atoms with E-state index in [4.69, 9.17) is 4.74 Å². The minimum atomic E-state index is -0.240. The number of benzene rings is 3. The van der Waals surface area contributed by atoms with Crippen molar-refractivity contribution in [2.24, 2.45) is 5.10 Å². The maximum atomic E-state index is 13.2. The van der Waals surface area contributed by atoms with Gasteiger partial charge in [0.05, 0.1) is 20.7 Å². The van der Waals surface area contributed by atoms with Crippen LogP contribution in [0.3, 0.4) is 0 Å². The Balaban J connectivity index is 1.50. The Bertz CT molecular complexity index is 1510. The van der Waals surface area contributed by atoms with Crippen LogP contribution >= 0.6 is 38.5 Å². The van der Waals surface area contributed by atoms with E-state index in [2.05, 4.69) is 53.9 Å².